The van der Waals surface area contributed by atoms with Gasteiger partial charge in [0, 0.05) is 11.4 Å². The van der Waals surface area contributed by atoms with E-state index in [1.165, 1.54) is 4.90 Å². The van der Waals surface area contributed by atoms with Crippen molar-refractivity contribution in [2.75, 3.05) is 4.90 Å². The first-order valence-electron chi connectivity index (χ1n) is 6.70. The fraction of sp³-hybridized carbons (Fsp3) is 0.286. The van der Waals surface area contributed by atoms with Crippen LogP contribution in [0.15, 0.2) is 30.6 Å². The Bertz CT molecular complexity index is 805. The Kier molecular flexibility index (Phi) is 3.22. The SMILES string of the molecule is CC1(C)C(=O)C(N)C(=O)N1c1ccc(-n2cn[nH]c2=S)cc1. The van der Waals surface area contributed by atoms with Crippen molar-refractivity contribution < 1.29 is 9.59 Å². The highest BCUT2D eigenvalue weighted by Crippen LogP contribution is 2.32. The van der Waals surface area contributed by atoms with Crippen molar-refractivity contribution in [3.63, 3.8) is 0 Å². The number of nitrogens with two attached hydrogens (primary N) is 1. The number of amides is 1. The standard InChI is InChI=1S/C14H15N5O2S/c1-14(2)11(20)10(15)12(21)19(14)9-5-3-8(4-6-9)18-7-16-17-13(18)22/h3-7,10H,15H2,1-2H3,(H,17,22). The summed E-state index contributed by atoms with van der Waals surface area (Å²) in [6.07, 6.45) is 1.57. The molecule has 1 aliphatic heterocycles. The minimum Gasteiger partial charge on any atom is -0.314 e. The first kappa shape index (κ1) is 14.6. The molecule has 1 unspecified atom stereocenters. The van der Waals surface area contributed by atoms with E-state index in [2.05, 4.69) is 10.2 Å². The van der Waals surface area contributed by atoms with Crippen LogP contribution < -0.4 is 10.6 Å². The average Bonchev–Trinajstić information content (AvgIpc) is 2.97. The smallest absolute Gasteiger partial charge is 0.252 e. The van der Waals surface area contributed by atoms with Crippen molar-refractivity contribution in [1.29, 1.82) is 0 Å². The molecule has 3 N–H and O–H groups in total. The van der Waals surface area contributed by atoms with Crippen LogP contribution in [0.25, 0.3) is 5.69 Å². The normalized spacial score (nSPS) is 20.7. The van der Waals surface area contributed by atoms with E-state index >= 15 is 0 Å². The summed E-state index contributed by atoms with van der Waals surface area (Å²) >= 11 is 5.11. The second-order valence-corrected chi connectivity index (χ2v) is 6.01. The highest BCUT2D eigenvalue weighted by molar-refractivity contribution is 7.71. The second-order valence-electron chi connectivity index (χ2n) is 5.62. The number of anilines is 1. The minimum absolute atomic E-state index is 0.279. The predicted octanol–water partition coefficient (Wildman–Crippen LogP) is 0.951. The number of aromatic nitrogens is 3. The van der Waals surface area contributed by atoms with Crippen LogP contribution in [0.5, 0.6) is 0 Å². The van der Waals surface area contributed by atoms with E-state index in [-0.39, 0.29) is 11.7 Å². The lowest BCUT2D eigenvalue weighted by molar-refractivity contribution is -0.124. The molecule has 0 aliphatic carbocycles. The molecule has 114 valence electrons. The largest absolute Gasteiger partial charge is 0.314 e. The molecule has 1 atom stereocenters. The summed E-state index contributed by atoms with van der Waals surface area (Å²) in [5.41, 5.74) is 6.16. The third-order valence-electron chi connectivity index (χ3n) is 3.87. The minimum atomic E-state index is -1.10. The van der Waals surface area contributed by atoms with E-state index in [1.54, 1.807) is 49.0 Å². The van der Waals surface area contributed by atoms with Crippen LogP contribution in [0.4, 0.5) is 5.69 Å². The van der Waals surface area contributed by atoms with Crippen LogP contribution in [0.3, 0.4) is 0 Å². The van der Waals surface area contributed by atoms with Crippen molar-refractivity contribution in [3.8, 4) is 5.69 Å². The summed E-state index contributed by atoms with van der Waals surface area (Å²) in [5, 5.41) is 6.53. The van der Waals surface area contributed by atoms with Gasteiger partial charge in [0.05, 0.1) is 0 Å². The third kappa shape index (κ3) is 1.99. The number of carbonyl (C=O) groups is 2. The van der Waals surface area contributed by atoms with Crippen LogP contribution in [0, 0.1) is 4.77 Å². The molecule has 1 fully saturated rings. The lowest BCUT2D eigenvalue weighted by Gasteiger charge is -2.29. The summed E-state index contributed by atoms with van der Waals surface area (Å²) in [7, 11) is 0. The second kappa shape index (κ2) is 4.85. The van der Waals surface area contributed by atoms with Crippen LogP contribution in [-0.4, -0.2) is 38.0 Å². The maximum absolute atomic E-state index is 12.2. The summed E-state index contributed by atoms with van der Waals surface area (Å²) in [6, 6.07) is 6.03. The Labute approximate surface area is 131 Å². The number of aromatic amines is 1. The Balaban J connectivity index is 2.00. The zero-order valence-electron chi connectivity index (χ0n) is 12.1. The highest BCUT2D eigenvalue weighted by Gasteiger charge is 2.51. The molecule has 7 nitrogen and oxygen atoms in total. The van der Waals surface area contributed by atoms with E-state index in [0.717, 1.165) is 5.69 Å². The molecular formula is C14H15N5O2S. The number of Topliss-reactive ketones (excluding diaryl/α,β-unsaturated/α-hetero) is 1. The van der Waals surface area contributed by atoms with Crippen molar-refractivity contribution in [1.82, 2.24) is 14.8 Å². The lowest BCUT2D eigenvalue weighted by Crippen LogP contribution is -2.44. The van der Waals surface area contributed by atoms with Gasteiger partial charge in [0.15, 0.2) is 10.6 Å². The molecule has 1 saturated heterocycles. The van der Waals surface area contributed by atoms with Crippen LogP contribution in [0.2, 0.25) is 0 Å². The number of ketones is 1. The van der Waals surface area contributed by atoms with Gasteiger partial charge in [-0.05, 0) is 50.3 Å². The maximum atomic E-state index is 12.2. The molecule has 0 radical (unpaired) electrons. The van der Waals surface area contributed by atoms with Crippen LogP contribution >= 0.6 is 12.2 Å². The summed E-state index contributed by atoms with van der Waals surface area (Å²) in [6.45, 7) is 3.39. The fourth-order valence-corrected chi connectivity index (χ4v) is 2.87. The average molecular weight is 317 g/mol. The Morgan fingerprint density at radius 1 is 1.23 bits per heavy atom. The van der Waals surface area contributed by atoms with Crippen LogP contribution in [-0.2, 0) is 9.59 Å². The highest BCUT2D eigenvalue weighted by atomic mass is 32.1. The molecule has 0 spiro atoms. The molecule has 22 heavy (non-hydrogen) atoms. The monoisotopic (exact) mass is 317 g/mol. The van der Waals surface area contributed by atoms with E-state index in [1.807, 2.05) is 0 Å². The molecule has 1 aromatic heterocycles. The number of nitrogens with one attached hydrogen (secondary N) is 1. The number of nitrogens with zero attached hydrogens (tertiary/aromatic N) is 3. The summed E-state index contributed by atoms with van der Waals surface area (Å²) < 4.78 is 2.18. The number of hydrogen-bond acceptors (Lipinski definition) is 5. The molecule has 1 amide bonds. The molecule has 3 rings (SSSR count). The fourth-order valence-electron chi connectivity index (χ4n) is 2.66. The molecule has 2 heterocycles. The molecule has 2 aromatic rings. The number of benzene rings is 1. The van der Waals surface area contributed by atoms with Gasteiger partial charge in [0.2, 0.25) is 0 Å². The van der Waals surface area contributed by atoms with E-state index < -0.39 is 11.6 Å². The van der Waals surface area contributed by atoms with Gasteiger partial charge in [-0.1, -0.05) is 0 Å². The predicted molar refractivity (Wildman–Crippen MR) is 83.3 cm³/mol. The van der Waals surface area contributed by atoms with E-state index in [0.29, 0.717) is 10.5 Å². The van der Waals surface area contributed by atoms with Crippen molar-refractivity contribution in [3.05, 3.63) is 35.4 Å². The lowest BCUT2D eigenvalue weighted by atomic mass is 9.98. The molecule has 1 aromatic carbocycles. The number of H-pyrrole nitrogens is 1. The maximum Gasteiger partial charge on any atom is 0.252 e. The van der Waals surface area contributed by atoms with Gasteiger partial charge in [0.25, 0.3) is 5.91 Å². The van der Waals surface area contributed by atoms with E-state index in [9.17, 15) is 9.59 Å². The summed E-state index contributed by atoms with van der Waals surface area (Å²) in [4.78, 5) is 25.8. The topological polar surface area (TPSA) is 97.0 Å². The quantitative estimate of drug-likeness (QED) is 0.635. The van der Waals surface area contributed by atoms with Crippen LogP contribution in [0.1, 0.15) is 13.8 Å². The van der Waals surface area contributed by atoms with Gasteiger partial charge < -0.3 is 5.73 Å². The zero-order valence-corrected chi connectivity index (χ0v) is 12.9. The van der Waals surface area contributed by atoms with Gasteiger partial charge >= 0.3 is 0 Å². The Hall–Kier alpha value is -2.32. The van der Waals surface area contributed by atoms with Gasteiger partial charge in [-0.3, -0.25) is 24.2 Å². The number of hydrogen-bond donors (Lipinski definition) is 2. The number of carbonyl (C=O) groups excluding carboxylic acids is 2. The summed E-state index contributed by atoms with van der Waals surface area (Å²) in [5.74, 6) is -0.665. The molecule has 0 bridgehead atoms. The van der Waals surface area contributed by atoms with Gasteiger partial charge in [0.1, 0.15) is 17.9 Å². The van der Waals surface area contributed by atoms with Crippen molar-refractivity contribution in [2.24, 2.45) is 5.73 Å². The Morgan fingerprint density at radius 3 is 2.27 bits per heavy atom. The molecule has 0 saturated carbocycles. The van der Waals surface area contributed by atoms with Gasteiger partial charge in [-0.25, -0.2) is 0 Å². The molecule has 1 aliphatic rings. The first-order chi connectivity index (χ1) is 10.3. The zero-order chi connectivity index (χ0) is 16.1. The van der Waals surface area contributed by atoms with E-state index in [4.69, 9.17) is 18.0 Å². The molecule has 8 heteroatoms. The number of rotatable bonds is 2. The molecular weight excluding hydrogens is 302 g/mol. The van der Waals surface area contributed by atoms with Gasteiger partial charge in [-0.2, -0.15) is 5.10 Å². The van der Waals surface area contributed by atoms with Crippen molar-refractivity contribution >= 4 is 29.6 Å². The van der Waals surface area contributed by atoms with Crippen molar-refractivity contribution in [2.45, 2.75) is 25.4 Å². The van der Waals surface area contributed by atoms with Gasteiger partial charge in [-0.15, -0.1) is 0 Å². The first-order valence-corrected chi connectivity index (χ1v) is 7.11. The third-order valence-corrected chi connectivity index (χ3v) is 4.16. The Morgan fingerprint density at radius 2 is 1.82 bits per heavy atom.